The molecule has 2 amide bonds. The van der Waals surface area contributed by atoms with Gasteiger partial charge < -0.3 is 9.73 Å². The topological polar surface area (TPSA) is 102 Å². The highest BCUT2D eigenvalue weighted by molar-refractivity contribution is 7.14. The van der Waals surface area contributed by atoms with Gasteiger partial charge in [0.15, 0.2) is 5.13 Å². The number of hydrogen-bond donors (Lipinski definition) is 2. The molecule has 0 fully saturated rings. The Kier molecular flexibility index (Phi) is 5.44. The van der Waals surface area contributed by atoms with Gasteiger partial charge in [0.05, 0.1) is 29.6 Å². The lowest BCUT2D eigenvalue weighted by atomic mass is 10.2. The molecular formula is C21H19N5O3S. The first-order chi connectivity index (χ1) is 14.5. The Hall–Kier alpha value is -3.72. The molecule has 0 saturated heterocycles. The van der Waals surface area contributed by atoms with Crippen LogP contribution in [0.15, 0.2) is 58.7 Å². The number of furan rings is 1. The van der Waals surface area contributed by atoms with E-state index in [1.54, 1.807) is 29.2 Å². The maximum Gasteiger partial charge on any atom is 0.260 e. The highest BCUT2D eigenvalue weighted by atomic mass is 32.1. The standard InChI is InChI=1S/C21H19N5O3S/c1-13-6-8-22-26(13)17-5-3-4-15(10-17)23-19(27)11-16-12-30-21(24-16)25-20(28)18-7-9-29-14(18)2/h3-10,12H,11H2,1-2H3,(H,23,27)(H,24,25,28). The van der Waals surface area contributed by atoms with Crippen molar-refractivity contribution in [3.63, 3.8) is 0 Å². The highest BCUT2D eigenvalue weighted by Gasteiger charge is 2.14. The predicted molar refractivity (Wildman–Crippen MR) is 114 cm³/mol. The van der Waals surface area contributed by atoms with Gasteiger partial charge in [-0.1, -0.05) is 6.07 Å². The Morgan fingerprint density at radius 1 is 1.17 bits per heavy atom. The van der Waals surface area contributed by atoms with E-state index in [1.807, 2.05) is 37.3 Å². The van der Waals surface area contributed by atoms with Gasteiger partial charge in [0.25, 0.3) is 5.91 Å². The normalized spacial score (nSPS) is 10.7. The molecule has 3 aromatic heterocycles. The van der Waals surface area contributed by atoms with Crippen LogP contribution in [0, 0.1) is 13.8 Å². The van der Waals surface area contributed by atoms with Crippen LogP contribution in [-0.2, 0) is 11.2 Å². The fourth-order valence-electron chi connectivity index (χ4n) is 2.96. The van der Waals surface area contributed by atoms with Gasteiger partial charge >= 0.3 is 0 Å². The van der Waals surface area contributed by atoms with Crippen molar-refractivity contribution in [2.75, 3.05) is 10.6 Å². The zero-order valence-electron chi connectivity index (χ0n) is 16.4. The third-order valence-corrected chi connectivity index (χ3v) is 5.23. The second-order valence-corrected chi connectivity index (χ2v) is 7.51. The van der Waals surface area contributed by atoms with E-state index in [1.165, 1.54) is 17.6 Å². The summed E-state index contributed by atoms with van der Waals surface area (Å²) in [6, 6.07) is 11.0. The fraction of sp³-hybridized carbons (Fsp3) is 0.143. The number of anilines is 2. The van der Waals surface area contributed by atoms with Crippen molar-refractivity contribution in [1.29, 1.82) is 0 Å². The first-order valence-corrected chi connectivity index (χ1v) is 10.1. The summed E-state index contributed by atoms with van der Waals surface area (Å²) in [5, 5.41) is 12.1. The van der Waals surface area contributed by atoms with Crippen LogP contribution in [0.3, 0.4) is 0 Å². The van der Waals surface area contributed by atoms with Crippen LogP contribution in [-0.4, -0.2) is 26.6 Å². The fourth-order valence-corrected chi connectivity index (χ4v) is 3.66. The monoisotopic (exact) mass is 421 g/mol. The number of carbonyl (C=O) groups is 2. The molecule has 4 rings (SSSR count). The van der Waals surface area contributed by atoms with Gasteiger partial charge in [0, 0.05) is 23.0 Å². The van der Waals surface area contributed by atoms with Gasteiger partial charge in [0.2, 0.25) is 5.91 Å². The largest absolute Gasteiger partial charge is 0.469 e. The van der Waals surface area contributed by atoms with E-state index in [4.69, 9.17) is 4.42 Å². The first-order valence-electron chi connectivity index (χ1n) is 9.20. The Morgan fingerprint density at radius 3 is 2.77 bits per heavy atom. The lowest BCUT2D eigenvalue weighted by molar-refractivity contribution is -0.115. The summed E-state index contributed by atoms with van der Waals surface area (Å²) < 4.78 is 6.94. The smallest absolute Gasteiger partial charge is 0.260 e. The highest BCUT2D eigenvalue weighted by Crippen LogP contribution is 2.20. The number of aryl methyl sites for hydroxylation is 2. The first kappa shape index (κ1) is 19.6. The van der Waals surface area contributed by atoms with E-state index in [0.717, 1.165) is 11.4 Å². The molecule has 3 heterocycles. The second-order valence-electron chi connectivity index (χ2n) is 6.65. The van der Waals surface area contributed by atoms with Crippen molar-refractivity contribution >= 4 is 34.0 Å². The summed E-state index contributed by atoms with van der Waals surface area (Å²) in [6.45, 7) is 3.68. The average Bonchev–Trinajstić information content (AvgIpc) is 3.44. The number of benzene rings is 1. The quantitative estimate of drug-likeness (QED) is 0.490. The van der Waals surface area contributed by atoms with Crippen LogP contribution in [0.1, 0.15) is 27.5 Å². The molecule has 0 spiro atoms. The van der Waals surface area contributed by atoms with Gasteiger partial charge in [0.1, 0.15) is 5.76 Å². The van der Waals surface area contributed by atoms with Gasteiger partial charge in [-0.2, -0.15) is 5.10 Å². The summed E-state index contributed by atoms with van der Waals surface area (Å²) in [6.07, 6.45) is 3.29. The van der Waals surface area contributed by atoms with Crippen LogP contribution >= 0.6 is 11.3 Å². The molecule has 30 heavy (non-hydrogen) atoms. The molecule has 0 bridgehead atoms. The summed E-state index contributed by atoms with van der Waals surface area (Å²) in [5.41, 5.74) is 3.57. The molecule has 8 nitrogen and oxygen atoms in total. The number of nitrogens with zero attached hydrogens (tertiary/aromatic N) is 3. The third-order valence-electron chi connectivity index (χ3n) is 4.42. The summed E-state index contributed by atoms with van der Waals surface area (Å²) in [7, 11) is 0. The van der Waals surface area contributed by atoms with Crippen molar-refractivity contribution < 1.29 is 14.0 Å². The zero-order valence-corrected chi connectivity index (χ0v) is 17.2. The Bertz CT molecular complexity index is 1210. The summed E-state index contributed by atoms with van der Waals surface area (Å²) in [5.74, 6) is 0.0479. The number of nitrogens with one attached hydrogen (secondary N) is 2. The molecule has 2 N–H and O–H groups in total. The van der Waals surface area contributed by atoms with Crippen molar-refractivity contribution in [3.05, 3.63) is 76.9 Å². The lowest BCUT2D eigenvalue weighted by Crippen LogP contribution is -2.15. The lowest BCUT2D eigenvalue weighted by Gasteiger charge is -2.08. The maximum atomic E-state index is 12.4. The molecule has 0 radical (unpaired) electrons. The second kappa shape index (κ2) is 8.34. The molecule has 0 aliphatic rings. The minimum absolute atomic E-state index is 0.0993. The average molecular weight is 421 g/mol. The molecule has 152 valence electrons. The molecule has 4 aromatic rings. The van der Waals surface area contributed by atoms with Crippen LogP contribution in [0.25, 0.3) is 5.69 Å². The molecular weight excluding hydrogens is 402 g/mol. The van der Waals surface area contributed by atoms with Gasteiger partial charge in [-0.25, -0.2) is 9.67 Å². The minimum Gasteiger partial charge on any atom is -0.469 e. The van der Waals surface area contributed by atoms with Gasteiger partial charge in [-0.15, -0.1) is 11.3 Å². The number of hydrogen-bond acceptors (Lipinski definition) is 6. The van der Waals surface area contributed by atoms with Crippen molar-refractivity contribution in [2.45, 2.75) is 20.3 Å². The van der Waals surface area contributed by atoms with Crippen LogP contribution in [0.2, 0.25) is 0 Å². The Labute approximate surface area is 176 Å². The number of thiazole rings is 1. The number of amides is 2. The molecule has 9 heteroatoms. The summed E-state index contributed by atoms with van der Waals surface area (Å²) >= 11 is 1.27. The molecule has 0 aliphatic carbocycles. The molecule has 0 atom stereocenters. The van der Waals surface area contributed by atoms with Crippen LogP contribution < -0.4 is 10.6 Å². The molecule has 1 aromatic carbocycles. The number of rotatable bonds is 6. The Morgan fingerprint density at radius 2 is 2.03 bits per heavy atom. The minimum atomic E-state index is -0.294. The van der Waals surface area contributed by atoms with Crippen molar-refractivity contribution in [3.8, 4) is 5.69 Å². The summed E-state index contributed by atoms with van der Waals surface area (Å²) in [4.78, 5) is 29.0. The number of carbonyl (C=O) groups excluding carboxylic acids is 2. The zero-order chi connectivity index (χ0) is 21.1. The van der Waals surface area contributed by atoms with Crippen molar-refractivity contribution in [2.24, 2.45) is 0 Å². The number of aromatic nitrogens is 3. The van der Waals surface area contributed by atoms with Crippen molar-refractivity contribution in [1.82, 2.24) is 14.8 Å². The molecule has 0 saturated carbocycles. The van der Waals surface area contributed by atoms with E-state index >= 15 is 0 Å². The molecule has 0 aliphatic heterocycles. The van der Waals surface area contributed by atoms with Gasteiger partial charge in [-0.05, 0) is 44.2 Å². The third kappa shape index (κ3) is 4.31. The van der Waals surface area contributed by atoms with E-state index in [9.17, 15) is 9.59 Å². The maximum absolute atomic E-state index is 12.4. The SMILES string of the molecule is Cc1occc1C(=O)Nc1nc(CC(=O)Nc2cccc(-n3nccc3C)c2)cs1. The van der Waals surface area contributed by atoms with E-state index in [0.29, 0.717) is 27.8 Å². The van der Waals surface area contributed by atoms with Crippen LogP contribution in [0.5, 0.6) is 0 Å². The van der Waals surface area contributed by atoms with E-state index in [2.05, 4.69) is 20.7 Å². The predicted octanol–water partition coefficient (Wildman–Crippen LogP) is 3.97. The van der Waals surface area contributed by atoms with E-state index < -0.39 is 0 Å². The van der Waals surface area contributed by atoms with Gasteiger partial charge in [-0.3, -0.25) is 14.9 Å². The van der Waals surface area contributed by atoms with E-state index in [-0.39, 0.29) is 18.2 Å². The Balaban J connectivity index is 1.38. The molecule has 0 unspecified atom stereocenters. The van der Waals surface area contributed by atoms with Crippen LogP contribution in [0.4, 0.5) is 10.8 Å².